The minimum atomic E-state index is -0.985. The Morgan fingerprint density at radius 3 is 2.74 bits per heavy atom. The highest BCUT2D eigenvalue weighted by Crippen LogP contribution is 2.19. The summed E-state index contributed by atoms with van der Waals surface area (Å²) in [5.41, 5.74) is 4.30. The van der Waals surface area contributed by atoms with Crippen molar-refractivity contribution in [2.45, 2.75) is 0 Å². The third kappa shape index (κ3) is 2.97. The van der Waals surface area contributed by atoms with E-state index in [-0.39, 0.29) is 5.82 Å². The van der Waals surface area contributed by atoms with Crippen LogP contribution in [0.25, 0.3) is 0 Å². The van der Waals surface area contributed by atoms with Gasteiger partial charge in [0.15, 0.2) is 5.82 Å². The monoisotopic (exact) mass is 283 g/mol. The van der Waals surface area contributed by atoms with Crippen molar-refractivity contribution in [3.8, 4) is 0 Å². The lowest BCUT2D eigenvalue weighted by Gasteiger charge is -2.07. The van der Waals surface area contributed by atoms with E-state index >= 15 is 0 Å². The van der Waals surface area contributed by atoms with Gasteiger partial charge in [-0.25, -0.2) is 13.8 Å². The maximum Gasteiger partial charge on any atom is 0.259 e. The van der Waals surface area contributed by atoms with Gasteiger partial charge in [-0.2, -0.15) is 0 Å². The molecule has 0 aliphatic carbocycles. The van der Waals surface area contributed by atoms with E-state index in [1.54, 1.807) is 0 Å². The Kier molecular flexibility index (Phi) is 3.62. The van der Waals surface area contributed by atoms with Gasteiger partial charge in [-0.05, 0) is 24.3 Å². The number of aromatic nitrogens is 1. The number of hydrogen-bond donors (Lipinski definition) is 2. The van der Waals surface area contributed by atoms with Crippen molar-refractivity contribution in [3.63, 3.8) is 0 Å². The average molecular weight is 284 g/mol. The second-order valence-corrected chi connectivity index (χ2v) is 4.11. The van der Waals surface area contributed by atoms with Gasteiger partial charge in [-0.15, -0.1) is 0 Å². The Labute approximate surface area is 112 Å². The largest absolute Gasteiger partial charge is 0.396 e. The van der Waals surface area contributed by atoms with Crippen LogP contribution in [0.3, 0.4) is 0 Å². The number of anilines is 2. The summed E-state index contributed by atoms with van der Waals surface area (Å²) in [5.74, 6) is -2.53. The lowest BCUT2D eigenvalue weighted by molar-refractivity contribution is 0.102. The van der Waals surface area contributed by atoms with Crippen LogP contribution in [0.1, 0.15) is 10.4 Å². The number of amides is 1. The highest BCUT2D eigenvalue weighted by Gasteiger charge is 2.16. The molecule has 1 aromatic carbocycles. The zero-order chi connectivity index (χ0) is 14.0. The number of benzene rings is 1. The van der Waals surface area contributed by atoms with Crippen molar-refractivity contribution in [2.24, 2.45) is 0 Å². The Balaban J connectivity index is 2.30. The summed E-state index contributed by atoms with van der Waals surface area (Å²) in [6.07, 6.45) is 1.37. The summed E-state index contributed by atoms with van der Waals surface area (Å²) in [6.45, 7) is 0. The summed E-state index contributed by atoms with van der Waals surface area (Å²) >= 11 is 5.71. The number of nitrogens with zero attached hydrogens (tertiary/aromatic N) is 1. The molecular weight excluding hydrogens is 276 g/mol. The molecule has 0 saturated carbocycles. The van der Waals surface area contributed by atoms with Crippen molar-refractivity contribution in [3.05, 3.63) is 52.7 Å². The maximum absolute atomic E-state index is 13.6. The third-order valence-corrected chi connectivity index (χ3v) is 2.51. The van der Waals surface area contributed by atoms with Gasteiger partial charge in [0.05, 0.1) is 11.3 Å². The van der Waals surface area contributed by atoms with Gasteiger partial charge < -0.3 is 11.1 Å². The maximum atomic E-state index is 13.6. The fourth-order valence-electron chi connectivity index (χ4n) is 1.43. The van der Waals surface area contributed by atoms with E-state index in [0.29, 0.717) is 5.02 Å². The van der Waals surface area contributed by atoms with Gasteiger partial charge in [-0.1, -0.05) is 11.6 Å². The van der Waals surface area contributed by atoms with Crippen LogP contribution in [0.5, 0.6) is 0 Å². The predicted octanol–water partition coefficient (Wildman–Crippen LogP) is 2.85. The number of pyridine rings is 1. The quantitative estimate of drug-likeness (QED) is 0.833. The number of nitrogens with one attached hydrogen (secondary N) is 1. The van der Waals surface area contributed by atoms with Gasteiger partial charge in [0.2, 0.25) is 0 Å². The minimum Gasteiger partial charge on any atom is -0.396 e. The van der Waals surface area contributed by atoms with Crippen LogP contribution in [-0.4, -0.2) is 10.9 Å². The van der Waals surface area contributed by atoms with Gasteiger partial charge in [0, 0.05) is 11.2 Å². The van der Waals surface area contributed by atoms with E-state index in [1.165, 1.54) is 18.3 Å². The van der Waals surface area contributed by atoms with E-state index in [4.69, 9.17) is 17.3 Å². The summed E-state index contributed by atoms with van der Waals surface area (Å²) in [7, 11) is 0. The molecule has 0 bridgehead atoms. The topological polar surface area (TPSA) is 68.0 Å². The Hall–Kier alpha value is -2.21. The van der Waals surface area contributed by atoms with Crippen LogP contribution >= 0.6 is 11.6 Å². The zero-order valence-corrected chi connectivity index (χ0v) is 10.2. The van der Waals surface area contributed by atoms with Gasteiger partial charge >= 0.3 is 0 Å². The van der Waals surface area contributed by atoms with Crippen molar-refractivity contribution in [2.75, 3.05) is 11.1 Å². The molecule has 0 saturated heterocycles. The number of nitrogens with two attached hydrogens (primary N) is 1. The number of rotatable bonds is 2. The Bertz CT molecular complexity index is 649. The fraction of sp³-hybridized carbons (Fsp3) is 0. The second kappa shape index (κ2) is 5.19. The van der Waals surface area contributed by atoms with Crippen LogP contribution in [0, 0.1) is 11.6 Å². The summed E-state index contributed by atoms with van der Waals surface area (Å²) in [5, 5.41) is 2.65. The molecule has 0 atom stereocenters. The molecule has 0 aliphatic heterocycles. The molecule has 2 aromatic rings. The van der Waals surface area contributed by atoms with E-state index in [0.717, 1.165) is 12.1 Å². The van der Waals surface area contributed by atoms with Crippen molar-refractivity contribution >= 4 is 29.0 Å². The smallest absolute Gasteiger partial charge is 0.259 e. The lowest BCUT2D eigenvalue weighted by Crippen LogP contribution is -2.16. The molecular formula is C12H8ClF2N3O. The van der Waals surface area contributed by atoms with Crippen molar-refractivity contribution in [1.29, 1.82) is 0 Å². The Morgan fingerprint density at radius 1 is 1.32 bits per heavy atom. The van der Waals surface area contributed by atoms with Crippen molar-refractivity contribution < 1.29 is 13.6 Å². The van der Waals surface area contributed by atoms with Crippen molar-refractivity contribution in [1.82, 2.24) is 4.98 Å². The molecule has 0 fully saturated rings. The normalized spacial score (nSPS) is 10.3. The van der Waals surface area contributed by atoms with E-state index in [9.17, 15) is 13.6 Å². The van der Waals surface area contributed by atoms with Gasteiger partial charge in [0.1, 0.15) is 11.6 Å². The molecule has 4 nitrogen and oxygen atoms in total. The van der Waals surface area contributed by atoms with Gasteiger partial charge in [0.25, 0.3) is 5.91 Å². The third-order valence-electron chi connectivity index (χ3n) is 2.27. The lowest BCUT2D eigenvalue weighted by atomic mass is 10.1. The number of hydrogen-bond acceptors (Lipinski definition) is 3. The summed E-state index contributed by atoms with van der Waals surface area (Å²) in [4.78, 5) is 15.6. The number of nitrogen functional groups attached to an aromatic ring is 1. The van der Waals surface area contributed by atoms with Gasteiger partial charge in [-0.3, -0.25) is 4.79 Å². The number of carbonyl (C=O) groups is 1. The molecule has 0 aliphatic rings. The van der Waals surface area contributed by atoms with Crippen LogP contribution in [0.2, 0.25) is 5.02 Å². The number of carbonyl (C=O) groups excluding carboxylic acids is 1. The van der Waals surface area contributed by atoms with Crippen LogP contribution < -0.4 is 11.1 Å². The zero-order valence-electron chi connectivity index (χ0n) is 9.45. The standard InChI is InChI=1S/C12H8ClF2N3O/c13-6-1-2-17-10(3-6)18-12(19)8-4-7(14)5-9(16)11(8)15/h1-5H,16H2,(H,17,18,19). The molecule has 3 N–H and O–H groups in total. The first-order valence-electron chi connectivity index (χ1n) is 5.15. The molecule has 0 unspecified atom stereocenters. The SMILES string of the molecule is Nc1cc(F)cc(C(=O)Nc2cc(Cl)ccn2)c1F. The first kappa shape index (κ1) is 13.2. The second-order valence-electron chi connectivity index (χ2n) is 3.67. The molecule has 19 heavy (non-hydrogen) atoms. The minimum absolute atomic E-state index is 0.125. The van der Waals surface area contributed by atoms with E-state index in [1.807, 2.05) is 0 Å². The summed E-state index contributed by atoms with van der Waals surface area (Å²) < 4.78 is 26.7. The molecule has 0 radical (unpaired) electrons. The van der Waals surface area contributed by atoms with Crippen LogP contribution in [0.15, 0.2) is 30.5 Å². The molecule has 7 heteroatoms. The highest BCUT2D eigenvalue weighted by molar-refractivity contribution is 6.30. The molecule has 1 amide bonds. The van der Waals surface area contributed by atoms with E-state index < -0.39 is 28.8 Å². The molecule has 1 aromatic heterocycles. The first-order valence-corrected chi connectivity index (χ1v) is 5.52. The summed E-state index contributed by atoms with van der Waals surface area (Å²) in [6, 6.07) is 4.44. The number of halogens is 3. The van der Waals surface area contributed by atoms with Crippen LogP contribution in [0.4, 0.5) is 20.3 Å². The molecule has 0 spiro atoms. The molecule has 2 rings (SSSR count). The predicted molar refractivity (Wildman–Crippen MR) is 68.0 cm³/mol. The first-order chi connectivity index (χ1) is 8.97. The average Bonchev–Trinajstić information content (AvgIpc) is 2.33. The molecule has 98 valence electrons. The fourth-order valence-corrected chi connectivity index (χ4v) is 1.59. The highest BCUT2D eigenvalue weighted by atomic mass is 35.5. The Morgan fingerprint density at radius 2 is 2.05 bits per heavy atom. The van der Waals surface area contributed by atoms with E-state index in [2.05, 4.69) is 10.3 Å². The molecule has 1 heterocycles. The van der Waals surface area contributed by atoms with Crippen LogP contribution in [-0.2, 0) is 0 Å².